The van der Waals surface area contributed by atoms with Gasteiger partial charge in [-0.1, -0.05) is 17.3 Å². The van der Waals surface area contributed by atoms with Crippen LogP contribution in [0.25, 0.3) is 0 Å². The number of pyridine rings is 1. The first-order valence-corrected chi connectivity index (χ1v) is 8.30. The molecule has 0 bridgehead atoms. The van der Waals surface area contributed by atoms with E-state index in [0.717, 1.165) is 0 Å². The lowest BCUT2D eigenvalue weighted by atomic mass is 10.1. The Morgan fingerprint density at radius 1 is 1.19 bits per heavy atom. The molecule has 2 aromatic heterocycles. The number of aromatic nitrogens is 2. The highest BCUT2D eigenvalue weighted by atomic mass is 16.5. The summed E-state index contributed by atoms with van der Waals surface area (Å²) in [6.45, 7) is 3.76. The van der Waals surface area contributed by atoms with Crippen molar-refractivity contribution in [2.24, 2.45) is 0 Å². The molecule has 0 radical (unpaired) electrons. The molecule has 0 aliphatic carbocycles. The van der Waals surface area contributed by atoms with E-state index in [0.29, 0.717) is 23.0 Å². The minimum absolute atomic E-state index is 0.204. The molecule has 1 amide bonds. The first-order chi connectivity index (χ1) is 13.1. The van der Waals surface area contributed by atoms with Gasteiger partial charge in [0.2, 0.25) is 0 Å². The largest absolute Gasteiger partial charge is 0.462 e. The number of nitrogens with zero attached hydrogens (tertiary/aromatic N) is 2. The van der Waals surface area contributed by atoms with Crippen LogP contribution in [0.15, 0.2) is 53.2 Å². The van der Waals surface area contributed by atoms with Gasteiger partial charge < -0.3 is 19.9 Å². The van der Waals surface area contributed by atoms with Crippen LogP contribution in [0.5, 0.6) is 0 Å². The lowest BCUT2D eigenvalue weighted by molar-refractivity contribution is 0.0527. The molecule has 0 atom stereocenters. The SMILES string of the molecule is CCOC(=O)c1ccccc1NC(=O)c1ccc(Nc2cc(C)on2)cn1. The van der Waals surface area contributed by atoms with Crippen molar-refractivity contribution in [3.8, 4) is 0 Å². The molecule has 8 nitrogen and oxygen atoms in total. The lowest BCUT2D eigenvalue weighted by Crippen LogP contribution is -2.17. The quantitative estimate of drug-likeness (QED) is 0.643. The van der Waals surface area contributed by atoms with Gasteiger partial charge in [-0.3, -0.25) is 4.79 Å². The minimum Gasteiger partial charge on any atom is -0.462 e. The maximum Gasteiger partial charge on any atom is 0.340 e. The third kappa shape index (κ3) is 4.49. The summed E-state index contributed by atoms with van der Waals surface area (Å²) in [6.07, 6.45) is 1.51. The number of esters is 1. The van der Waals surface area contributed by atoms with E-state index >= 15 is 0 Å². The maximum absolute atomic E-state index is 12.4. The van der Waals surface area contributed by atoms with Gasteiger partial charge in [0.1, 0.15) is 11.5 Å². The normalized spacial score (nSPS) is 10.3. The topological polar surface area (TPSA) is 106 Å². The molecule has 3 rings (SSSR count). The summed E-state index contributed by atoms with van der Waals surface area (Å²) in [6, 6.07) is 11.7. The zero-order chi connectivity index (χ0) is 19.2. The number of carbonyl (C=O) groups excluding carboxylic acids is 2. The molecule has 3 aromatic rings. The van der Waals surface area contributed by atoms with Crippen molar-refractivity contribution in [3.05, 3.63) is 65.7 Å². The number of para-hydroxylation sites is 1. The van der Waals surface area contributed by atoms with Crippen LogP contribution in [0.4, 0.5) is 17.2 Å². The smallest absolute Gasteiger partial charge is 0.340 e. The van der Waals surface area contributed by atoms with E-state index in [1.54, 1.807) is 56.3 Å². The average molecular weight is 366 g/mol. The van der Waals surface area contributed by atoms with E-state index in [-0.39, 0.29) is 17.9 Å². The molecule has 27 heavy (non-hydrogen) atoms. The van der Waals surface area contributed by atoms with E-state index in [9.17, 15) is 9.59 Å². The van der Waals surface area contributed by atoms with Crippen molar-refractivity contribution in [2.45, 2.75) is 13.8 Å². The molecule has 0 fully saturated rings. The highest BCUT2D eigenvalue weighted by Crippen LogP contribution is 2.18. The van der Waals surface area contributed by atoms with E-state index in [4.69, 9.17) is 9.26 Å². The number of anilines is 3. The van der Waals surface area contributed by atoms with Gasteiger partial charge in [-0.05, 0) is 38.1 Å². The first kappa shape index (κ1) is 18.1. The van der Waals surface area contributed by atoms with Gasteiger partial charge in [0, 0.05) is 6.07 Å². The van der Waals surface area contributed by atoms with E-state index in [1.807, 2.05) is 0 Å². The number of benzene rings is 1. The van der Waals surface area contributed by atoms with Crippen molar-refractivity contribution in [1.29, 1.82) is 0 Å². The number of hydrogen-bond donors (Lipinski definition) is 2. The molecule has 0 saturated heterocycles. The molecular weight excluding hydrogens is 348 g/mol. The summed E-state index contributed by atoms with van der Waals surface area (Å²) in [4.78, 5) is 28.6. The Balaban J connectivity index is 1.71. The van der Waals surface area contributed by atoms with Gasteiger partial charge in [0.25, 0.3) is 5.91 Å². The van der Waals surface area contributed by atoms with Gasteiger partial charge in [-0.25, -0.2) is 9.78 Å². The molecule has 0 aliphatic rings. The third-order valence-electron chi connectivity index (χ3n) is 3.57. The van der Waals surface area contributed by atoms with Crippen molar-refractivity contribution in [2.75, 3.05) is 17.2 Å². The number of aryl methyl sites for hydroxylation is 1. The van der Waals surface area contributed by atoms with Crippen molar-refractivity contribution < 1.29 is 18.8 Å². The summed E-state index contributed by atoms with van der Waals surface area (Å²) in [7, 11) is 0. The first-order valence-electron chi connectivity index (χ1n) is 8.30. The Morgan fingerprint density at radius 2 is 2.00 bits per heavy atom. The molecule has 8 heteroatoms. The number of hydrogen-bond acceptors (Lipinski definition) is 7. The second-order valence-corrected chi connectivity index (χ2v) is 5.60. The molecule has 0 saturated carbocycles. The summed E-state index contributed by atoms with van der Waals surface area (Å²) < 4.78 is 9.98. The third-order valence-corrected chi connectivity index (χ3v) is 3.57. The monoisotopic (exact) mass is 366 g/mol. The van der Waals surface area contributed by atoms with Gasteiger partial charge in [-0.2, -0.15) is 0 Å². The van der Waals surface area contributed by atoms with Crippen molar-refractivity contribution in [3.63, 3.8) is 0 Å². The Labute approximate surface area is 155 Å². The van der Waals surface area contributed by atoms with Gasteiger partial charge >= 0.3 is 5.97 Å². The standard InChI is InChI=1S/C19H18N4O4/c1-3-26-19(25)14-6-4-5-7-15(14)22-18(24)16-9-8-13(11-20-16)21-17-10-12(2)27-23-17/h4-11H,3H2,1-2H3,(H,21,23)(H,22,24). The van der Waals surface area contributed by atoms with Crippen LogP contribution in [0, 0.1) is 6.92 Å². The number of ether oxygens (including phenoxy) is 1. The van der Waals surface area contributed by atoms with Crippen LogP contribution in [-0.2, 0) is 4.74 Å². The second-order valence-electron chi connectivity index (χ2n) is 5.60. The maximum atomic E-state index is 12.4. The molecule has 2 heterocycles. The fourth-order valence-corrected chi connectivity index (χ4v) is 2.34. The zero-order valence-corrected chi connectivity index (χ0v) is 14.9. The Kier molecular flexibility index (Phi) is 5.46. The predicted molar refractivity (Wildman–Crippen MR) is 99.1 cm³/mol. The molecular formula is C19H18N4O4. The van der Waals surface area contributed by atoms with Crippen LogP contribution in [0.2, 0.25) is 0 Å². The van der Waals surface area contributed by atoms with Crippen molar-refractivity contribution in [1.82, 2.24) is 10.1 Å². The van der Waals surface area contributed by atoms with Crippen LogP contribution >= 0.6 is 0 Å². The molecule has 0 spiro atoms. The van der Waals surface area contributed by atoms with Crippen LogP contribution in [-0.4, -0.2) is 28.6 Å². The second kappa shape index (κ2) is 8.13. The highest BCUT2D eigenvalue weighted by molar-refractivity contribution is 6.07. The molecule has 1 aromatic carbocycles. The van der Waals surface area contributed by atoms with Crippen LogP contribution in [0.3, 0.4) is 0 Å². The summed E-state index contributed by atoms with van der Waals surface area (Å²) >= 11 is 0. The highest BCUT2D eigenvalue weighted by Gasteiger charge is 2.15. The Morgan fingerprint density at radius 3 is 2.67 bits per heavy atom. The van der Waals surface area contributed by atoms with Gasteiger partial charge in [-0.15, -0.1) is 0 Å². The molecule has 0 unspecified atom stereocenters. The van der Waals surface area contributed by atoms with Crippen LogP contribution in [0.1, 0.15) is 33.5 Å². The summed E-state index contributed by atoms with van der Waals surface area (Å²) in [5.74, 6) is 0.302. The zero-order valence-electron chi connectivity index (χ0n) is 14.9. The van der Waals surface area contributed by atoms with Crippen LogP contribution < -0.4 is 10.6 Å². The van der Waals surface area contributed by atoms with E-state index < -0.39 is 11.9 Å². The van der Waals surface area contributed by atoms with E-state index in [1.165, 1.54) is 6.20 Å². The summed E-state index contributed by atoms with van der Waals surface area (Å²) in [5, 5.41) is 9.54. The molecule has 0 aliphatic heterocycles. The summed E-state index contributed by atoms with van der Waals surface area (Å²) in [5.41, 5.74) is 1.51. The lowest BCUT2D eigenvalue weighted by Gasteiger charge is -2.10. The van der Waals surface area contributed by atoms with Crippen molar-refractivity contribution >= 4 is 29.1 Å². The molecule has 2 N–H and O–H groups in total. The number of rotatable bonds is 6. The minimum atomic E-state index is -0.496. The van der Waals surface area contributed by atoms with E-state index in [2.05, 4.69) is 20.8 Å². The Hall–Kier alpha value is -3.68. The average Bonchev–Trinajstić information content (AvgIpc) is 3.07. The number of carbonyl (C=O) groups is 2. The predicted octanol–water partition coefficient (Wildman–Crippen LogP) is 3.55. The molecule has 138 valence electrons. The fourth-order valence-electron chi connectivity index (χ4n) is 2.34. The van der Waals surface area contributed by atoms with Gasteiger partial charge in [0.05, 0.1) is 29.7 Å². The number of nitrogens with one attached hydrogen (secondary N) is 2. The van der Waals surface area contributed by atoms with Gasteiger partial charge in [0.15, 0.2) is 5.82 Å². The number of amides is 1. The Bertz CT molecular complexity index is 950. The fraction of sp³-hybridized carbons (Fsp3) is 0.158.